The molecule has 0 atom stereocenters. The second-order valence-electron chi connectivity index (χ2n) is 3.75. The lowest BCUT2D eigenvalue weighted by molar-refractivity contribution is -0.0759. The van der Waals surface area contributed by atoms with Gasteiger partial charge in [-0.25, -0.2) is 5.06 Å². The van der Waals surface area contributed by atoms with Crippen LogP contribution in [-0.4, -0.2) is 30.1 Å². The summed E-state index contributed by atoms with van der Waals surface area (Å²) >= 11 is 0. The van der Waals surface area contributed by atoms with Crippen LogP contribution in [0.2, 0.25) is 0 Å². The molecule has 2 rings (SSSR count). The molecule has 0 spiro atoms. The molecule has 0 saturated heterocycles. The normalized spacial score (nSPS) is 10.1. The minimum Gasteiger partial charge on any atom is -0.274 e. The van der Waals surface area contributed by atoms with E-state index in [2.05, 4.69) is 4.98 Å². The summed E-state index contributed by atoms with van der Waals surface area (Å²) in [6.07, 6.45) is 1.60. The number of carbonyl (C=O) groups excluding carboxylic acids is 1. The molecule has 0 aliphatic carbocycles. The topological polar surface area (TPSA) is 42.4 Å². The first-order chi connectivity index (χ1) is 8.74. The van der Waals surface area contributed by atoms with Gasteiger partial charge in [0.15, 0.2) is 0 Å². The van der Waals surface area contributed by atoms with Crippen LogP contribution in [0, 0.1) is 0 Å². The van der Waals surface area contributed by atoms with E-state index in [1.54, 1.807) is 13.2 Å². The van der Waals surface area contributed by atoms with E-state index in [-0.39, 0.29) is 5.91 Å². The number of amides is 1. The van der Waals surface area contributed by atoms with Crippen molar-refractivity contribution in [2.45, 2.75) is 0 Å². The molecule has 0 bridgehead atoms. The zero-order valence-electron chi connectivity index (χ0n) is 10.3. The first-order valence-corrected chi connectivity index (χ1v) is 5.56. The second kappa shape index (κ2) is 5.42. The predicted molar refractivity (Wildman–Crippen MR) is 68.8 cm³/mol. The Labute approximate surface area is 106 Å². The summed E-state index contributed by atoms with van der Waals surface area (Å²) in [4.78, 5) is 21.2. The van der Waals surface area contributed by atoms with Crippen molar-refractivity contribution >= 4 is 5.91 Å². The van der Waals surface area contributed by atoms with E-state index < -0.39 is 0 Å². The molecular weight excluding hydrogens is 228 g/mol. The molecule has 1 heterocycles. The van der Waals surface area contributed by atoms with Crippen molar-refractivity contribution in [3.05, 3.63) is 54.4 Å². The molecule has 4 heteroatoms. The third-order valence-electron chi connectivity index (χ3n) is 2.65. The Morgan fingerprint density at radius 1 is 1.17 bits per heavy atom. The maximum absolute atomic E-state index is 12.1. The van der Waals surface area contributed by atoms with Crippen LogP contribution in [0.3, 0.4) is 0 Å². The maximum atomic E-state index is 12.1. The van der Waals surface area contributed by atoms with Gasteiger partial charge in [-0.3, -0.25) is 14.6 Å². The molecule has 4 nitrogen and oxygen atoms in total. The third kappa shape index (κ3) is 2.38. The number of benzene rings is 1. The highest BCUT2D eigenvalue weighted by Gasteiger charge is 2.17. The van der Waals surface area contributed by atoms with Crippen molar-refractivity contribution < 1.29 is 9.63 Å². The van der Waals surface area contributed by atoms with Crippen LogP contribution in [0.5, 0.6) is 0 Å². The Hall–Kier alpha value is -2.20. The van der Waals surface area contributed by atoms with E-state index in [1.807, 2.05) is 42.5 Å². The first kappa shape index (κ1) is 12.3. The lowest BCUT2D eigenvalue weighted by atomic mass is 10.0. The Kier molecular flexibility index (Phi) is 3.69. The van der Waals surface area contributed by atoms with Gasteiger partial charge in [-0.1, -0.05) is 36.4 Å². The lowest BCUT2D eigenvalue weighted by Gasteiger charge is -2.15. The molecule has 0 saturated carbocycles. The molecule has 1 aromatic carbocycles. The molecule has 0 N–H and O–H groups in total. The molecule has 0 unspecified atom stereocenters. The highest BCUT2D eigenvalue weighted by Crippen LogP contribution is 2.22. The molecule has 1 amide bonds. The summed E-state index contributed by atoms with van der Waals surface area (Å²) < 4.78 is 0. The van der Waals surface area contributed by atoms with Crippen LogP contribution in [0.25, 0.3) is 11.1 Å². The van der Waals surface area contributed by atoms with Gasteiger partial charge in [0.05, 0.1) is 7.11 Å². The molecule has 2 aromatic rings. The zero-order chi connectivity index (χ0) is 13.0. The number of nitrogens with zero attached hydrogens (tertiary/aromatic N) is 2. The SMILES string of the molecule is CON(C)C(=O)c1ncccc1-c1ccccc1. The van der Waals surface area contributed by atoms with Crippen LogP contribution in [-0.2, 0) is 4.84 Å². The van der Waals surface area contributed by atoms with E-state index in [0.717, 1.165) is 16.2 Å². The van der Waals surface area contributed by atoms with Gasteiger partial charge in [-0.2, -0.15) is 0 Å². The van der Waals surface area contributed by atoms with Crippen molar-refractivity contribution in [3.8, 4) is 11.1 Å². The monoisotopic (exact) mass is 242 g/mol. The van der Waals surface area contributed by atoms with Crippen LogP contribution >= 0.6 is 0 Å². The third-order valence-corrected chi connectivity index (χ3v) is 2.65. The maximum Gasteiger partial charge on any atom is 0.296 e. The second-order valence-corrected chi connectivity index (χ2v) is 3.75. The Balaban J connectivity index is 2.47. The van der Waals surface area contributed by atoms with E-state index in [4.69, 9.17) is 4.84 Å². The van der Waals surface area contributed by atoms with Crippen LogP contribution in [0.1, 0.15) is 10.5 Å². The van der Waals surface area contributed by atoms with Crippen LogP contribution in [0.4, 0.5) is 0 Å². The largest absolute Gasteiger partial charge is 0.296 e. The number of pyridine rings is 1. The van der Waals surface area contributed by atoms with Crippen LogP contribution < -0.4 is 0 Å². The van der Waals surface area contributed by atoms with Crippen molar-refractivity contribution in [2.24, 2.45) is 0 Å². The van der Waals surface area contributed by atoms with E-state index in [0.29, 0.717) is 5.69 Å². The number of aromatic nitrogens is 1. The average Bonchev–Trinajstić information content (AvgIpc) is 2.46. The van der Waals surface area contributed by atoms with Gasteiger partial charge < -0.3 is 0 Å². The summed E-state index contributed by atoms with van der Waals surface area (Å²) in [5, 5.41) is 1.16. The quantitative estimate of drug-likeness (QED) is 0.776. The van der Waals surface area contributed by atoms with Crippen molar-refractivity contribution in [1.82, 2.24) is 10.0 Å². The Bertz CT molecular complexity index is 541. The van der Waals surface area contributed by atoms with Crippen molar-refractivity contribution in [2.75, 3.05) is 14.2 Å². The first-order valence-electron chi connectivity index (χ1n) is 5.56. The zero-order valence-corrected chi connectivity index (χ0v) is 10.3. The fourth-order valence-corrected chi connectivity index (χ4v) is 1.66. The van der Waals surface area contributed by atoms with Gasteiger partial charge in [0, 0.05) is 18.8 Å². The Morgan fingerprint density at radius 2 is 1.89 bits per heavy atom. The fourth-order valence-electron chi connectivity index (χ4n) is 1.66. The predicted octanol–water partition coefficient (Wildman–Crippen LogP) is 2.38. The minimum absolute atomic E-state index is 0.267. The lowest BCUT2D eigenvalue weighted by Crippen LogP contribution is -2.26. The summed E-state index contributed by atoms with van der Waals surface area (Å²) in [5.41, 5.74) is 2.14. The molecule has 0 aliphatic heterocycles. The highest BCUT2D eigenvalue weighted by molar-refractivity contribution is 5.98. The summed E-state index contributed by atoms with van der Waals surface area (Å²) in [6, 6.07) is 13.4. The van der Waals surface area contributed by atoms with Gasteiger partial charge >= 0.3 is 0 Å². The highest BCUT2D eigenvalue weighted by atomic mass is 16.7. The van der Waals surface area contributed by atoms with Crippen LogP contribution in [0.15, 0.2) is 48.7 Å². The average molecular weight is 242 g/mol. The molecule has 18 heavy (non-hydrogen) atoms. The standard InChI is InChI=1S/C14H14N2O2/c1-16(18-2)14(17)13-12(9-6-10-15-13)11-7-4-3-5-8-11/h3-10H,1-2H3. The number of hydrogen-bond acceptors (Lipinski definition) is 3. The minimum atomic E-state index is -0.267. The van der Waals surface area contributed by atoms with E-state index >= 15 is 0 Å². The molecule has 92 valence electrons. The van der Waals surface area contributed by atoms with Gasteiger partial charge in [-0.15, -0.1) is 0 Å². The number of hydrogen-bond donors (Lipinski definition) is 0. The Morgan fingerprint density at radius 3 is 2.56 bits per heavy atom. The van der Waals surface area contributed by atoms with Gasteiger partial charge in [0.2, 0.25) is 0 Å². The van der Waals surface area contributed by atoms with Gasteiger partial charge in [-0.05, 0) is 11.6 Å². The number of rotatable bonds is 3. The number of hydroxylamine groups is 2. The smallest absolute Gasteiger partial charge is 0.274 e. The van der Waals surface area contributed by atoms with E-state index in [9.17, 15) is 4.79 Å². The van der Waals surface area contributed by atoms with Crippen molar-refractivity contribution in [1.29, 1.82) is 0 Å². The summed E-state index contributed by atoms with van der Waals surface area (Å²) in [6.45, 7) is 0. The summed E-state index contributed by atoms with van der Waals surface area (Å²) in [5.74, 6) is -0.267. The molecule has 0 radical (unpaired) electrons. The summed E-state index contributed by atoms with van der Waals surface area (Å²) in [7, 11) is 3.01. The molecule has 1 aromatic heterocycles. The molecule has 0 aliphatic rings. The van der Waals surface area contributed by atoms with Gasteiger partial charge in [0.1, 0.15) is 5.69 Å². The van der Waals surface area contributed by atoms with Crippen molar-refractivity contribution in [3.63, 3.8) is 0 Å². The van der Waals surface area contributed by atoms with E-state index in [1.165, 1.54) is 7.11 Å². The molecular formula is C14H14N2O2. The molecule has 0 fully saturated rings. The number of carbonyl (C=O) groups is 1. The van der Waals surface area contributed by atoms with Gasteiger partial charge in [0.25, 0.3) is 5.91 Å². The fraction of sp³-hybridized carbons (Fsp3) is 0.143.